The van der Waals surface area contributed by atoms with Crippen molar-refractivity contribution >= 4 is 69.7 Å². The van der Waals surface area contributed by atoms with Gasteiger partial charge in [-0.05, 0) is 216 Å². The van der Waals surface area contributed by atoms with Crippen molar-refractivity contribution in [3.63, 3.8) is 0 Å². The van der Waals surface area contributed by atoms with E-state index in [-0.39, 0.29) is 0 Å². The lowest BCUT2D eigenvalue weighted by molar-refractivity contribution is -0.138. The molecule has 0 bridgehead atoms. The van der Waals surface area contributed by atoms with Crippen LogP contribution in [0.3, 0.4) is 0 Å². The van der Waals surface area contributed by atoms with Crippen LogP contribution in [-0.4, -0.2) is 76.7 Å². The van der Waals surface area contributed by atoms with E-state index in [0.29, 0.717) is 113 Å². The normalized spacial score (nSPS) is 11.1. The van der Waals surface area contributed by atoms with Crippen LogP contribution in [0.15, 0.2) is 244 Å². The van der Waals surface area contributed by atoms with Crippen molar-refractivity contribution in [2.45, 2.75) is 51.4 Å². The van der Waals surface area contributed by atoms with Crippen LogP contribution in [0.1, 0.15) is 94.3 Å². The van der Waals surface area contributed by atoms with Crippen LogP contribution in [0.5, 0.6) is 46.0 Å². The lowest BCUT2D eigenvalue weighted by Gasteiger charge is -2.20. The lowest BCUT2D eigenvalue weighted by atomic mass is 9.91. The molecule has 0 amide bonds. The summed E-state index contributed by atoms with van der Waals surface area (Å²) >= 11 is 0. The Labute approximate surface area is 571 Å². The number of carbonyl (C=O) groups is 4. The Bertz CT molecular complexity index is 4030. The number of rotatable bonds is 37. The Morgan fingerprint density at radius 2 is 0.602 bits per heavy atom. The Hall–Kier alpha value is -11.6. The third-order valence-corrected chi connectivity index (χ3v) is 15.6. The summed E-state index contributed by atoms with van der Waals surface area (Å²) in [5, 5.41) is 4.00. The van der Waals surface area contributed by atoms with Gasteiger partial charge in [0, 0.05) is 23.3 Å². The molecule has 0 aliphatic rings. The molecule has 0 saturated carbocycles. The van der Waals surface area contributed by atoms with E-state index in [1.165, 1.54) is 0 Å². The molecule has 0 saturated heterocycles. The predicted octanol–water partition coefficient (Wildman–Crippen LogP) is 18.7. The molecule has 10 aromatic rings. The Morgan fingerprint density at radius 1 is 0.296 bits per heavy atom. The molecule has 14 heteroatoms. The number of hydrogen-bond donors (Lipinski definition) is 0. The largest absolute Gasteiger partial charge is 0.494 e. The summed E-state index contributed by atoms with van der Waals surface area (Å²) in [6, 6.07) is 69.1. The molecule has 0 radical (unpaired) electrons. The molecule has 98 heavy (non-hydrogen) atoms. The Kier molecular flexibility index (Phi) is 26.0. The molecule has 0 spiro atoms. The summed E-state index contributed by atoms with van der Waals surface area (Å²) in [5.41, 5.74) is 6.41. The highest BCUT2D eigenvalue weighted by Crippen LogP contribution is 2.46. The van der Waals surface area contributed by atoms with Gasteiger partial charge in [0.15, 0.2) is 0 Å². The second kappa shape index (κ2) is 36.9. The average molecular weight is 1310 g/mol. The van der Waals surface area contributed by atoms with E-state index in [1.54, 1.807) is 72.8 Å². The van der Waals surface area contributed by atoms with E-state index in [0.717, 1.165) is 116 Å². The van der Waals surface area contributed by atoms with Crippen LogP contribution < -0.4 is 37.9 Å². The molecule has 14 nitrogen and oxygen atoms in total. The standard InChI is InChI=1S/C84H78O14/c1-3-79(85)95-57-17-13-53-91-71-43-33-65(34-44-71)83(87)97-73-39-27-61(28-40-73)23-25-63-31-47-75-67(59-63)37-49-77(93-55-15-11-51-89-69-19-7-5-8-20-69)81(75)82-76-48-32-64(60-68(76)38-50-78(82)94-56-16-12-52-90-70-21-9-6-10-22-70)26-24-62-29-41-74(42-30-62)98-84(88)66-35-45-72(46-36-66)92-54-14-18-58-96-80(86)4-2/h3-10,19-50,59-60H,1-2,11-18,51-58H2/b25-23-,26-24-. The third-order valence-electron chi connectivity index (χ3n) is 15.6. The van der Waals surface area contributed by atoms with E-state index < -0.39 is 23.9 Å². The van der Waals surface area contributed by atoms with Crippen LogP contribution in [-0.2, 0) is 19.1 Å². The highest BCUT2D eigenvalue weighted by atomic mass is 16.5. The smallest absolute Gasteiger partial charge is 0.343 e. The second-order valence-corrected chi connectivity index (χ2v) is 22.8. The number of para-hydroxylation sites is 2. The molecular weight excluding hydrogens is 1230 g/mol. The molecule has 0 heterocycles. The van der Waals surface area contributed by atoms with Gasteiger partial charge >= 0.3 is 23.9 Å². The van der Waals surface area contributed by atoms with E-state index in [2.05, 4.69) is 86.0 Å². The zero-order valence-corrected chi connectivity index (χ0v) is 54.7. The first kappa shape index (κ1) is 69.2. The SMILES string of the molecule is C=CC(=O)OCCCCOc1ccc(C(=O)Oc2ccc(/C=C\c3ccc4c(-c5c(OCCCCOc6ccccc6)ccc6cc(/C=C\c7ccc(OC(=O)c8ccc(OCCCCOC(=O)C=C)cc8)cc7)ccc56)c(OCCCCOc5ccccc5)ccc4c3)cc2)cc1. The molecule has 0 aliphatic heterocycles. The lowest BCUT2D eigenvalue weighted by Crippen LogP contribution is -2.08. The van der Waals surface area contributed by atoms with Gasteiger partial charge in [-0.3, -0.25) is 0 Å². The molecule has 0 unspecified atom stereocenters. The molecule has 0 atom stereocenters. The first-order chi connectivity index (χ1) is 48.1. The maximum absolute atomic E-state index is 13.1. The van der Waals surface area contributed by atoms with Crippen LogP contribution in [0, 0.1) is 0 Å². The fourth-order valence-corrected chi connectivity index (χ4v) is 10.4. The highest BCUT2D eigenvalue weighted by molar-refractivity contribution is 6.10. The van der Waals surface area contributed by atoms with E-state index >= 15 is 0 Å². The fraction of sp³-hybridized carbons (Fsp3) is 0.190. The molecule has 0 fully saturated rings. The average Bonchev–Trinajstić information content (AvgIpc) is 0.752. The van der Waals surface area contributed by atoms with Crippen molar-refractivity contribution in [1.82, 2.24) is 0 Å². The van der Waals surface area contributed by atoms with Crippen molar-refractivity contribution in [3.8, 4) is 57.1 Å². The number of ether oxygens (including phenoxy) is 10. The highest BCUT2D eigenvalue weighted by Gasteiger charge is 2.21. The Balaban J connectivity index is 0.850. The van der Waals surface area contributed by atoms with Gasteiger partial charge in [0.2, 0.25) is 0 Å². The zero-order valence-electron chi connectivity index (χ0n) is 54.7. The zero-order chi connectivity index (χ0) is 67.9. The van der Waals surface area contributed by atoms with Crippen LogP contribution in [0.4, 0.5) is 0 Å². The summed E-state index contributed by atoms with van der Waals surface area (Å²) in [6.07, 6.45) is 16.3. The summed E-state index contributed by atoms with van der Waals surface area (Å²) in [4.78, 5) is 48.7. The number of unbranched alkanes of at least 4 members (excludes halogenated alkanes) is 4. The minimum absolute atomic E-state index is 0.297. The monoisotopic (exact) mass is 1310 g/mol. The van der Waals surface area contributed by atoms with Crippen molar-refractivity contribution in [2.75, 3.05) is 52.9 Å². The quantitative estimate of drug-likeness (QED) is 0.0119. The summed E-state index contributed by atoms with van der Waals surface area (Å²) < 4.78 is 58.8. The van der Waals surface area contributed by atoms with Gasteiger partial charge in [-0.25, -0.2) is 19.2 Å². The minimum atomic E-state index is -0.487. The van der Waals surface area contributed by atoms with Crippen LogP contribution >= 0.6 is 0 Å². The molecule has 498 valence electrons. The van der Waals surface area contributed by atoms with E-state index in [1.807, 2.05) is 97.1 Å². The minimum Gasteiger partial charge on any atom is -0.494 e. The van der Waals surface area contributed by atoms with Gasteiger partial charge in [-0.1, -0.05) is 135 Å². The maximum Gasteiger partial charge on any atom is 0.343 e. The molecule has 10 rings (SSSR count). The number of hydrogen-bond acceptors (Lipinski definition) is 14. The van der Waals surface area contributed by atoms with Crippen molar-refractivity contribution < 1.29 is 66.5 Å². The first-order valence-corrected chi connectivity index (χ1v) is 32.9. The van der Waals surface area contributed by atoms with Crippen molar-refractivity contribution in [2.24, 2.45) is 0 Å². The van der Waals surface area contributed by atoms with Gasteiger partial charge in [0.1, 0.15) is 46.0 Å². The topological polar surface area (TPSA) is 161 Å². The van der Waals surface area contributed by atoms with Gasteiger partial charge in [0.05, 0.1) is 64.0 Å². The molecule has 0 aromatic heterocycles. The fourth-order valence-electron chi connectivity index (χ4n) is 10.4. The Morgan fingerprint density at radius 3 is 0.959 bits per heavy atom. The molecular formula is C84H78O14. The first-order valence-electron chi connectivity index (χ1n) is 32.9. The molecule has 0 aliphatic carbocycles. The number of carbonyl (C=O) groups excluding carboxylic acids is 4. The number of fused-ring (bicyclic) bond motifs is 2. The number of benzene rings is 10. The molecule has 10 aromatic carbocycles. The van der Waals surface area contributed by atoms with Gasteiger partial charge in [-0.15, -0.1) is 0 Å². The predicted molar refractivity (Wildman–Crippen MR) is 386 cm³/mol. The van der Waals surface area contributed by atoms with Crippen molar-refractivity contribution in [3.05, 3.63) is 277 Å². The number of esters is 4. The third kappa shape index (κ3) is 21.2. The molecule has 0 N–H and O–H groups in total. The van der Waals surface area contributed by atoms with Gasteiger partial charge < -0.3 is 47.4 Å². The van der Waals surface area contributed by atoms with Crippen LogP contribution in [0.25, 0.3) is 57.0 Å². The summed E-state index contributed by atoms with van der Waals surface area (Å²) in [5.74, 6) is 3.33. The van der Waals surface area contributed by atoms with E-state index in [4.69, 9.17) is 47.4 Å². The maximum atomic E-state index is 13.1. The van der Waals surface area contributed by atoms with Gasteiger partial charge in [0.25, 0.3) is 0 Å². The van der Waals surface area contributed by atoms with Crippen LogP contribution in [0.2, 0.25) is 0 Å². The second-order valence-electron chi connectivity index (χ2n) is 22.8. The summed E-state index contributed by atoms with van der Waals surface area (Å²) in [6.45, 7) is 10.3. The van der Waals surface area contributed by atoms with Gasteiger partial charge in [-0.2, -0.15) is 0 Å². The van der Waals surface area contributed by atoms with Crippen molar-refractivity contribution in [1.29, 1.82) is 0 Å². The van der Waals surface area contributed by atoms with E-state index in [9.17, 15) is 19.2 Å². The summed E-state index contributed by atoms with van der Waals surface area (Å²) in [7, 11) is 0.